The number of aromatic nitrogens is 4. The molecule has 25 heavy (non-hydrogen) atoms. The van der Waals surface area contributed by atoms with Gasteiger partial charge in [-0.3, -0.25) is 0 Å². The molecule has 0 aliphatic heterocycles. The summed E-state index contributed by atoms with van der Waals surface area (Å²) in [5.74, 6) is 0.968. The number of aliphatic hydroxyl groups is 1. The number of nitrogens with zero attached hydrogens (tertiary/aromatic N) is 4. The van der Waals surface area contributed by atoms with Crippen molar-refractivity contribution in [2.45, 2.75) is 51.2 Å². The Balaban J connectivity index is 1.84. The van der Waals surface area contributed by atoms with Gasteiger partial charge < -0.3 is 5.11 Å². The van der Waals surface area contributed by atoms with Crippen molar-refractivity contribution in [3.8, 4) is 11.5 Å². The molecule has 0 spiro atoms. The Morgan fingerprint density at radius 2 is 2.00 bits per heavy atom. The number of para-hydroxylation sites is 1. The topological polar surface area (TPSA) is 63.8 Å². The Kier molecular flexibility index (Phi) is 4.21. The number of hydrogen-bond acceptors (Lipinski definition) is 4. The Hall–Kier alpha value is -2.34. The lowest BCUT2D eigenvalue weighted by Gasteiger charge is -2.28. The van der Waals surface area contributed by atoms with Gasteiger partial charge in [0.15, 0.2) is 11.6 Å². The van der Waals surface area contributed by atoms with E-state index in [0.717, 1.165) is 31.1 Å². The van der Waals surface area contributed by atoms with Gasteiger partial charge in [-0.2, -0.15) is 5.10 Å². The molecular weight excluding hydrogens is 319 g/mol. The van der Waals surface area contributed by atoms with Crippen LogP contribution < -0.4 is 0 Å². The minimum absolute atomic E-state index is 0.102. The van der Waals surface area contributed by atoms with Crippen molar-refractivity contribution in [3.05, 3.63) is 42.0 Å². The van der Waals surface area contributed by atoms with Gasteiger partial charge in [0.2, 0.25) is 0 Å². The van der Waals surface area contributed by atoms with E-state index >= 15 is 0 Å². The zero-order valence-electron chi connectivity index (χ0n) is 14.2. The zero-order valence-corrected chi connectivity index (χ0v) is 14.2. The number of hydrogen-bond donors (Lipinski definition) is 1. The minimum Gasteiger partial charge on any atom is -0.391 e. The van der Waals surface area contributed by atoms with Gasteiger partial charge in [0.1, 0.15) is 17.0 Å². The maximum atomic E-state index is 14.1. The molecule has 1 fully saturated rings. The van der Waals surface area contributed by atoms with Crippen molar-refractivity contribution < 1.29 is 9.50 Å². The molecule has 130 valence electrons. The molecule has 3 aromatic rings. The first-order valence-electron chi connectivity index (χ1n) is 8.86. The second-order valence-corrected chi connectivity index (χ2v) is 6.58. The van der Waals surface area contributed by atoms with Gasteiger partial charge >= 0.3 is 0 Å². The van der Waals surface area contributed by atoms with Crippen molar-refractivity contribution in [3.63, 3.8) is 0 Å². The lowest BCUT2D eigenvalue weighted by atomic mass is 9.92. The fourth-order valence-corrected chi connectivity index (χ4v) is 3.54. The number of aliphatic hydroxyl groups excluding tert-OH is 1. The Morgan fingerprint density at radius 1 is 1.16 bits per heavy atom. The van der Waals surface area contributed by atoms with Crippen LogP contribution in [0.4, 0.5) is 4.39 Å². The van der Waals surface area contributed by atoms with Crippen LogP contribution >= 0.6 is 0 Å². The average molecular weight is 340 g/mol. The predicted octanol–water partition coefficient (Wildman–Crippen LogP) is 3.67. The van der Waals surface area contributed by atoms with Gasteiger partial charge in [-0.25, -0.2) is 19.0 Å². The molecule has 1 aliphatic carbocycles. The maximum Gasteiger partial charge on any atom is 0.177 e. The first-order chi connectivity index (χ1) is 12.2. The Morgan fingerprint density at radius 3 is 2.80 bits per heavy atom. The van der Waals surface area contributed by atoms with E-state index in [1.165, 1.54) is 6.07 Å². The van der Waals surface area contributed by atoms with E-state index in [9.17, 15) is 9.50 Å². The molecular formula is C19H21FN4O. The number of benzene rings is 1. The van der Waals surface area contributed by atoms with Gasteiger partial charge in [0.25, 0.3) is 0 Å². The number of halogens is 1. The lowest BCUT2D eigenvalue weighted by molar-refractivity contribution is 0.0700. The molecule has 4 rings (SSSR count). The molecule has 5 nitrogen and oxygen atoms in total. The van der Waals surface area contributed by atoms with Crippen molar-refractivity contribution in [2.24, 2.45) is 0 Å². The van der Waals surface area contributed by atoms with Crippen LogP contribution in [0.5, 0.6) is 0 Å². The molecule has 1 N–H and O–H groups in total. The smallest absolute Gasteiger partial charge is 0.177 e. The standard InChI is InChI=1S/C19H21FN4O/c1-2-17-22-19(24(23-17)15-8-3-4-9-16(15)25)14-11-10-12-6-5-7-13(20)18(12)21-14/h5-7,10-11,15-16,25H,2-4,8-9H2,1H3/t15-,16-/m1/s1. The van der Waals surface area contributed by atoms with E-state index in [1.807, 2.05) is 25.1 Å². The van der Waals surface area contributed by atoms with Crippen LogP contribution in [-0.2, 0) is 6.42 Å². The largest absolute Gasteiger partial charge is 0.391 e. The predicted molar refractivity (Wildman–Crippen MR) is 93.6 cm³/mol. The first kappa shape index (κ1) is 16.1. The summed E-state index contributed by atoms with van der Waals surface area (Å²) in [6.07, 6.45) is 3.99. The summed E-state index contributed by atoms with van der Waals surface area (Å²) in [6.45, 7) is 1.99. The Bertz CT molecular complexity index is 908. The van der Waals surface area contributed by atoms with E-state index < -0.39 is 6.10 Å². The van der Waals surface area contributed by atoms with Crippen LogP contribution in [0.15, 0.2) is 30.3 Å². The van der Waals surface area contributed by atoms with Crippen LogP contribution in [-0.4, -0.2) is 31.0 Å². The molecule has 1 saturated carbocycles. The number of fused-ring (bicyclic) bond motifs is 1. The van der Waals surface area contributed by atoms with Gasteiger partial charge in [0.05, 0.1) is 12.1 Å². The van der Waals surface area contributed by atoms with Crippen molar-refractivity contribution in [1.29, 1.82) is 0 Å². The summed E-state index contributed by atoms with van der Waals surface area (Å²) in [5.41, 5.74) is 0.916. The number of rotatable bonds is 3. The maximum absolute atomic E-state index is 14.1. The molecule has 2 atom stereocenters. The fraction of sp³-hybridized carbons (Fsp3) is 0.421. The molecule has 1 aromatic carbocycles. The number of aryl methyl sites for hydroxylation is 1. The van der Waals surface area contributed by atoms with Gasteiger partial charge in [-0.1, -0.05) is 38.0 Å². The molecule has 2 heterocycles. The molecule has 0 bridgehead atoms. The average Bonchev–Trinajstić information content (AvgIpc) is 3.06. The van der Waals surface area contributed by atoms with Crippen LogP contribution in [0.3, 0.4) is 0 Å². The normalized spacial score (nSPS) is 20.9. The monoisotopic (exact) mass is 340 g/mol. The fourth-order valence-electron chi connectivity index (χ4n) is 3.54. The van der Waals surface area contributed by atoms with Crippen LogP contribution in [0.25, 0.3) is 22.4 Å². The third-order valence-corrected chi connectivity index (χ3v) is 4.90. The Labute approximate surface area is 145 Å². The first-order valence-corrected chi connectivity index (χ1v) is 8.86. The van der Waals surface area contributed by atoms with Crippen molar-refractivity contribution in [1.82, 2.24) is 19.7 Å². The minimum atomic E-state index is -0.434. The lowest BCUT2D eigenvalue weighted by Crippen LogP contribution is -2.29. The molecule has 2 aromatic heterocycles. The molecule has 0 saturated heterocycles. The highest BCUT2D eigenvalue weighted by Crippen LogP contribution is 2.32. The highest BCUT2D eigenvalue weighted by atomic mass is 19.1. The van der Waals surface area contributed by atoms with Gasteiger partial charge in [-0.05, 0) is 25.0 Å². The third-order valence-electron chi connectivity index (χ3n) is 4.90. The van der Waals surface area contributed by atoms with Crippen LogP contribution in [0.2, 0.25) is 0 Å². The quantitative estimate of drug-likeness (QED) is 0.790. The zero-order chi connectivity index (χ0) is 17.4. The molecule has 0 amide bonds. The second kappa shape index (κ2) is 6.52. The molecule has 1 aliphatic rings. The SMILES string of the molecule is CCc1nc(-c2ccc3cccc(F)c3n2)n([C@@H]2CCCC[C@H]2O)n1. The van der Waals surface area contributed by atoms with Crippen molar-refractivity contribution in [2.75, 3.05) is 0 Å². The van der Waals surface area contributed by atoms with Gasteiger partial charge in [-0.15, -0.1) is 0 Å². The van der Waals surface area contributed by atoms with E-state index in [2.05, 4.69) is 15.1 Å². The molecule has 0 unspecified atom stereocenters. The summed E-state index contributed by atoms with van der Waals surface area (Å²) in [6, 6.07) is 8.51. The summed E-state index contributed by atoms with van der Waals surface area (Å²) in [4.78, 5) is 9.09. The molecule has 6 heteroatoms. The summed E-state index contributed by atoms with van der Waals surface area (Å²) >= 11 is 0. The van der Waals surface area contributed by atoms with E-state index in [0.29, 0.717) is 29.3 Å². The summed E-state index contributed by atoms with van der Waals surface area (Å²) in [7, 11) is 0. The number of pyridine rings is 1. The van der Waals surface area contributed by atoms with Gasteiger partial charge in [0, 0.05) is 11.8 Å². The second-order valence-electron chi connectivity index (χ2n) is 6.58. The third kappa shape index (κ3) is 2.91. The van der Waals surface area contributed by atoms with E-state index in [4.69, 9.17) is 0 Å². The highest BCUT2D eigenvalue weighted by Gasteiger charge is 2.29. The van der Waals surface area contributed by atoms with Crippen molar-refractivity contribution >= 4 is 10.9 Å². The van der Waals surface area contributed by atoms with Crippen LogP contribution in [0.1, 0.15) is 44.5 Å². The van der Waals surface area contributed by atoms with E-state index in [-0.39, 0.29) is 11.9 Å². The van der Waals surface area contributed by atoms with E-state index in [1.54, 1.807) is 10.7 Å². The summed E-state index contributed by atoms with van der Waals surface area (Å²) < 4.78 is 15.9. The van der Waals surface area contributed by atoms with Crippen LogP contribution in [0, 0.1) is 5.82 Å². The summed E-state index contributed by atoms with van der Waals surface area (Å²) in [5, 5.41) is 15.8. The highest BCUT2D eigenvalue weighted by molar-refractivity contribution is 5.81. The molecule has 0 radical (unpaired) electrons.